The molecule has 0 unspecified atom stereocenters. The highest BCUT2D eigenvalue weighted by Gasteiger charge is 2.28. The van der Waals surface area contributed by atoms with Gasteiger partial charge in [-0.2, -0.15) is 0 Å². The molecule has 6 nitrogen and oxygen atoms in total. The van der Waals surface area contributed by atoms with Gasteiger partial charge in [0.2, 0.25) is 0 Å². The van der Waals surface area contributed by atoms with Crippen LogP contribution in [0.3, 0.4) is 0 Å². The van der Waals surface area contributed by atoms with Gasteiger partial charge in [0.25, 0.3) is 0 Å². The fourth-order valence-electron chi connectivity index (χ4n) is 3.65. The van der Waals surface area contributed by atoms with Crippen molar-refractivity contribution in [3.05, 3.63) is 81.8 Å². The minimum atomic E-state index is -0.451. The van der Waals surface area contributed by atoms with Gasteiger partial charge in [0.1, 0.15) is 11.6 Å². The standard InChI is InChI=1S/C24H22N2O4S/c1-29-23(27)21-15-31-22(26-21)12-6-7-13-25-24(28)30-14-20-18-10-4-2-8-16(18)17-9-3-5-11-19(17)20/h2-6,8-12,15,20H,7,13-14H2,1H3,(H,25,28). The zero-order valence-electron chi connectivity index (χ0n) is 17.0. The van der Waals surface area contributed by atoms with Crippen molar-refractivity contribution >= 4 is 29.5 Å². The molecule has 1 N–H and O–H groups in total. The van der Waals surface area contributed by atoms with E-state index >= 15 is 0 Å². The Hall–Kier alpha value is -3.45. The number of amides is 1. The third-order valence-corrected chi connectivity index (χ3v) is 5.91. The minimum Gasteiger partial charge on any atom is -0.464 e. The van der Waals surface area contributed by atoms with E-state index in [-0.39, 0.29) is 5.92 Å². The first-order valence-electron chi connectivity index (χ1n) is 9.96. The number of fused-ring (bicyclic) bond motifs is 3. The molecule has 0 fully saturated rings. The Morgan fingerprint density at radius 3 is 2.45 bits per heavy atom. The number of esters is 1. The lowest BCUT2D eigenvalue weighted by Gasteiger charge is -2.14. The van der Waals surface area contributed by atoms with Gasteiger partial charge < -0.3 is 14.8 Å². The number of nitrogens with zero attached hydrogens (tertiary/aromatic N) is 1. The molecule has 0 radical (unpaired) electrons. The topological polar surface area (TPSA) is 77.5 Å². The lowest BCUT2D eigenvalue weighted by Crippen LogP contribution is -2.26. The Bertz CT molecular complexity index is 1080. The van der Waals surface area contributed by atoms with E-state index in [1.807, 2.05) is 36.4 Å². The van der Waals surface area contributed by atoms with Gasteiger partial charge >= 0.3 is 12.1 Å². The van der Waals surface area contributed by atoms with Crippen LogP contribution >= 0.6 is 11.3 Å². The fraction of sp³-hybridized carbons (Fsp3) is 0.208. The normalized spacial score (nSPS) is 12.4. The summed E-state index contributed by atoms with van der Waals surface area (Å²) in [5, 5.41) is 5.13. The lowest BCUT2D eigenvalue weighted by atomic mass is 9.98. The number of benzene rings is 2. The number of aromatic nitrogens is 1. The van der Waals surface area contributed by atoms with Gasteiger partial charge in [-0.1, -0.05) is 54.6 Å². The van der Waals surface area contributed by atoms with Gasteiger partial charge in [-0.25, -0.2) is 14.6 Å². The Balaban J connectivity index is 1.25. The number of methoxy groups -OCH3 is 1. The fourth-order valence-corrected chi connectivity index (χ4v) is 4.36. The van der Waals surface area contributed by atoms with Gasteiger partial charge in [-0.3, -0.25) is 0 Å². The first kappa shape index (κ1) is 20.8. The van der Waals surface area contributed by atoms with E-state index in [4.69, 9.17) is 4.74 Å². The van der Waals surface area contributed by atoms with Gasteiger partial charge in [0, 0.05) is 17.8 Å². The lowest BCUT2D eigenvalue weighted by molar-refractivity contribution is 0.0595. The molecule has 1 aliphatic carbocycles. The van der Waals surface area contributed by atoms with Crippen molar-refractivity contribution in [1.29, 1.82) is 0 Å². The van der Waals surface area contributed by atoms with Crippen molar-refractivity contribution in [2.75, 3.05) is 20.3 Å². The van der Waals surface area contributed by atoms with Crippen molar-refractivity contribution in [2.24, 2.45) is 0 Å². The molecule has 1 aliphatic rings. The smallest absolute Gasteiger partial charge is 0.407 e. The number of alkyl carbamates (subject to hydrolysis) is 1. The van der Waals surface area contributed by atoms with Gasteiger partial charge in [-0.05, 0) is 34.8 Å². The molecular weight excluding hydrogens is 412 g/mol. The van der Waals surface area contributed by atoms with Gasteiger partial charge in [-0.15, -0.1) is 11.3 Å². The largest absolute Gasteiger partial charge is 0.464 e. The van der Waals surface area contributed by atoms with E-state index in [1.54, 1.807) is 5.38 Å². The average Bonchev–Trinajstić information content (AvgIpc) is 3.40. The Kier molecular flexibility index (Phi) is 6.43. The summed E-state index contributed by atoms with van der Waals surface area (Å²) in [7, 11) is 1.33. The van der Waals surface area contributed by atoms with Crippen LogP contribution in [0.1, 0.15) is 39.0 Å². The summed E-state index contributed by atoms with van der Waals surface area (Å²) in [6.07, 6.45) is 3.90. The van der Waals surface area contributed by atoms with Gasteiger partial charge in [0.05, 0.1) is 7.11 Å². The number of hydrogen-bond donors (Lipinski definition) is 1. The summed E-state index contributed by atoms with van der Waals surface area (Å²) in [5.74, 6) is -0.403. The predicted molar refractivity (Wildman–Crippen MR) is 120 cm³/mol. The summed E-state index contributed by atoms with van der Waals surface area (Å²) in [5.41, 5.74) is 5.08. The SMILES string of the molecule is COC(=O)c1csc(C=CCCNC(=O)OCC2c3ccccc3-c3ccccc32)n1. The van der Waals surface area contributed by atoms with Crippen LogP contribution in [-0.4, -0.2) is 37.3 Å². The average molecular weight is 435 g/mol. The molecule has 1 amide bonds. The van der Waals surface area contributed by atoms with E-state index in [0.717, 1.165) is 0 Å². The molecule has 4 rings (SSSR count). The zero-order chi connectivity index (χ0) is 21.6. The van der Waals surface area contributed by atoms with E-state index in [1.165, 1.54) is 40.7 Å². The maximum absolute atomic E-state index is 12.1. The summed E-state index contributed by atoms with van der Waals surface area (Å²) in [6, 6.07) is 16.5. The molecule has 7 heteroatoms. The maximum Gasteiger partial charge on any atom is 0.407 e. The second kappa shape index (κ2) is 9.57. The van der Waals surface area contributed by atoms with Crippen LogP contribution in [0.4, 0.5) is 4.79 Å². The zero-order valence-corrected chi connectivity index (χ0v) is 17.9. The molecular formula is C24H22N2O4S. The van der Waals surface area contributed by atoms with E-state index < -0.39 is 12.1 Å². The van der Waals surface area contributed by atoms with Crippen LogP contribution in [0.25, 0.3) is 17.2 Å². The highest BCUT2D eigenvalue weighted by atomic mass is 32.1. The number of carbonyl (C=O) groups excluding carboxylic acids is 2. The first-order valence-corrected chi connectivity index (χ1v) is 10.8. The first-order chi connectivity index (χ1) is 15.2. The monoisotopic (exact) mass is 434 g/mol. The van der Waals surface area contributed by atoms with E-state index in [0.29, 0.717) is 30.3 Å². The van der Waals surface area contributed by atoms with Crippen LogP contribution in [0.2, 0.25) is 0 Å². The molecule has 3 aromatic rings. The quantitative estimate of drug-likeness (QED) is 0.424. The molecule has 0 aliphatic heterocycles. The van der Waals surface area contributed by atoms with Crippen LogP contribution in [-0.2, 0) is 9.47 Å². The second-order valence-electron chi connectivity index (χ2n) is 7.01. The molecule has 0 saturated heterocycles. The van der Waals surface area contributed by atoms with Crippen molar-refractivity contribution in [3.63, 3.8) is 0 Å². The molecule has 0 saturated carbocycles. The maximum atomic E-state index is 12.1. The molecule has 31 heavy (non-hydrogen) atoms. The summed E-state index contributed by atoms with van der Waals surface area (Å²) >= 11 is 1.36. The highest BCUT2D eigenvalue weighted by Crippen LogP contribution is 2.44. The van der Waals surface area contributed by atoms with Crippen LogP contribution in [0, 0.1) is 0 Å². The summed E-state index contributed by atoms with van der Waals surface area (Å²) < 4.78 is 10.1. The Labute approximate surface area is 184 Å². The third kappa shape index (κ3) is 4.67. The third-order valence-electron chi connectivity index (χ3n) is 5.10. The minimum absolute atomic E-state index is 0.0481. The molecule has 1 aromatic heterocycles. The Morgan fingerprint density at radius 2 is 1.77 bits per heavy atom. The van der Waals surface area contributed by atoms with E-state index in [2.05, 4.69) is 39.3 Å². The summed E-state index contributed by atoms with van der Waals surface area (Å²) in [4.78, 5) is 27.7. The van der Waals surface area contributed by atoms with Crippen molar-refractivity contribution < 1.29 is 19.1 Å². The van der Waals surface area contributed by atoms with Gasteiger partial charge in [0.15, 0.2) is 5.69 Å². The molecule has 0 bridgehead atoms. The van der Waals surface area contributed by atoms with Crippen molar-refractivity contribution in [1.82, 2.24) is 10.3 Å². The van der Waals surface area contributed by atoms with Crippen molar-refractivity contribution in [3.8, 4) is 11.1 Å². The van der Waals surface area contributed by atoms with Crippen molar-refractivity contribution in [2.45, 2.75) is 12.3 Å². The molecule has 1 heterocycles. The Morgan fingerprint density at radius 1 is 1.10 bits per heavy atom. The number of thiazole rings is 1. The van der Waals surface area contributed by atoms with Crippen LogP contribution < -0.4 is 5.32 Å². The molecule has 0 atom stereocenters. The number of ether oxygens (including phenoxy) is 2. The second-order valence-corrected chi connectivity index (χ2v) is 7.90. The van der Waals surface area contributed by atoms with Crippen LogP contribution in [0.15, 0.2) is 60.0 Å². The highest BCUT2D eigenvalue weighted by molar-refractivity contribution is 7.10. The molecule has 2 aromatic carbocycles. The molecule has 0 spiro atoms. The molecule has 158 valence electrons. The number of rotatable bonds is 7. The van der Waals surface area contributed by atoms with E-state index in [9.17, 15) is 9.59 Å². The van der Waals surface area contributed by atoms with Crippen LogP contribution in [0.5, 0.6) is 0 Å². The number of carbonyl (C=O) groups is 2. The predicted octanol–water partition coefficient (Wildman–Crippen LogP) is 4.87. The number of hydrogen-bond acceptors (Lipinski definition) is 6. The number of nitrogens with one attached hydrogen (secondary N) is 1. The summed E-state index contributed by atoms with van der Waals surface area (Å²) in [6.45, 7) is 0.744.